The molecule has 1 saturated heterocycles. The highest BCUT2D eigenvalue weighted by Crippen LogP contribution is 2.22. The first kappa shape index (κ1) is 18.3. The molecule has 136 valence electrons. The van der Waals surface area contributed by atoms with Gasteiger partial charge in [0, 0.05) is 29.5 Å². The predicted molar refractivity (Wildman–Crippen MR) is 103 cm³/mol. The maximum atomic E-state index is 12.0. The number of nitrogens with one attached hydrogen (secondary N) is 1. The molecule has 1 aliphatic rings. The van der Waals surface area contributed by atoms with Crippen molar-refractivity contribution in [1.82, 2.24) is 0 Å². The Hall–Kier alpha value is -2.53. The van der Waals surface area contributed by atoms with Crippen molar-refractivity contribution in [2.24, 2.45) is 0 Å². The van der Waals surface area contributed by atoms with Gasteiger partial charge in [0.15, 0.2) is 6.61 Å². The Labute approximate surface area is 157 Å². The van der Waals surface area contributed by atoms with Gasteiger partial charge in [-0.05, 0) is 48.7 Å². The summed E-state index contributed by atoms with van der Waals surface area (Å²) in [4.78, 5) is 26.1. The molecule has 0 radical (unpaired) electrons. The molecule has 0 aromatic heterocycles. The van der Waals surface area contributed by atoms with Gasteiger partial charge in [0.05, 0.1) is 6.42 Å². The highest BCUT2D eigenvalue weighted by atomic mass is 35.5. The molecule has 1 aliphatic heterocycles. The Morgan fingerprint density at radius 3 is 2.42 bits per heavy atom. The molecule has 5 nitrogen and oxygen atoms in total. The molecule has 0 spiro atoms. The lowest BCUT2D eigenvalue weighted by Gasteiger charge is -2.17. The van der Waals surface area contributed by atoms with Crippen LogP contribution in [-0.4, -0.2) is 31.6 Å². The van der Waals surface area contributed by atoms with Crippen molar-refractivity contribution in [3.05, 3.63) is 59.1 Å². The van der Waals surface area contributed by atoms with E-state index < -0.39 is 5.97 Å². The van der Waals surface area contributed by atoms with Crippen LogP contribution in [-0.2, 0) is 20.7 Å². The standard InChI is InChI=1S/C20H21ClN2O3/c21-18-6-2-1-5-15(18)13-20(25)26-14-19(24)22-16-7-9-17(10-8-16)23-11-3-4-12-23/h1-2,5-10H,3-4,11-14H2,(H,22,24). The molecule has 2 aromatic rings. The highest BCUT2D eigenvalue weighted by molar-refractivity contribution is 6.31. The third-order valence-corrected chi connectivity index (χ3v) is 4.65. The number of halogens is 1. The van der Waals surface area contributed by atoms with Crippen molar-refractivity contribution in [2.45, 2.75) is 19.3 Å². The van der Waals surface area contributed by atoms with Gasteiger partial charge < -0.3 is 15.0 Å². The SMILES string of the molecule is O=C(COC(=O)Cc1ccccc1Cl)Nc1ccc(N2CCCC2)cc1. The molecule has 1 fully saturated rings. The van der Waals surface area contributed by atoms with E-state index in [4.69, 9.17) is 16.3 Å². The Morgan fingerprint density at radius 2 is 1.73 bits per heavy atom. The molecular weight excluding hydrogens is 352 g/mol. The van der Waals surface area contributed by atoms with E-state index in [1.807, 2.05) is 24.3 Å². The number of ether oxygens (including phenoxy) is 1. The second kappa shape index (κ2) is 8.72. The van der Waals surface area contributed by atoms with Crippen molar-refractivity contribution in [2.75, 3.05) is 29.9 Å². The van der Waals surface area contributed by atoms with Gasteiger partial charge in [-0.15, -0.1) is 0 Å². The first-order valence-corrected chi connectivity index (χ1v) is 9.03. The summed E-state index contributed by atoms with van der Waals surface area (Å²) in [7, 11) is 0. The van der Waals surface area contributed by atoms with Crippen LogP contribution in [0.2, 0.25) is 5.02 Å². The van der Waals surface area contributed by atoms with Gasteiger partial charge >= 0.3 is 5.97 Å². The number of carbonyl (C=O) groups excluding carboxylic acids is 2. The van der Waals surface area contributed by atoms with Gasteiger partial charge in [-0.1, -0.05) is 29.8 Å². The summed E-state index contributed by atoms with van der Waals surface area (Å²) < 4.78 is 5.02. The van der Waals surface area contributed by atoms with Crippen LogP contribution in [0, 0.1) is 0 Å². The van der Waals surface area contributed by atoms with Crippen LogP contribution in [0.1, 0.15) is 18.4 Å². The molecule has 1 N–H and O–H groups in total. The molecule has 0 aliphatic carbocycles. The molecule has 3 rings (SSSR count). The minimum atomic E-state index is -0.488. The molecule has 2 aromatic carbocycles. The van der Waals surface area contributed by atoms with E-state index in [-0.39, 0.29) is 18.9 Å². The number of esters is 1. The van der Waals surface area contributed by atoms with Crippen LogP contribution in [0.3, 0.4) is 0 Å². The summed E-state index contributed by atoms with van der Waals surface area (Å²) in [5.41, 5.74) is 2.52. The molecule has 0 bridgehead atoms. The van der Waals surface area contributed by atoms with Crippen LogP contribution in [0.5, 0.6) is 0 Å². The number of nitrogens with zero attached hydrogens (tertiary/aromatic N) is 1. The van der Waals surface area contributed by atoms with E-state index in [9.17, 15) is 9.59 Å². The predicted octanol–water partition coefficient (Wildman–Crippen LogP) is 3.66. The smallest absolute Gasteiger partial charge is 0.310 e. The third kappa shape index (κ3) is 4.99. The molecule has 26 heavy (non-hydrogen) atoms. The minimum Gasteiger partial charge on any atom is -0.455 e. The zero-order chi connectivity index (χ0) is 18.4. The van der Waals surface area contributed by atoms with E-state index in [0.717, 1.165) is 18.8 Å². The molecule has 6 heteroatoms. The lowest BCUT2D eigenvalue weighted by atomic mass is 10.1. The Kier molecular flexibility index (Phi) is 6.12. The minimum absolute atomic E-state index is 0.0392. The number of hydrogen-bond acceptors (Lipinski definition) is 4. The normalized spacial score (nSPS) is 13.5. The van der Waals surface area contributed by atoms with Crippen molar-refractivity contribution in [3.8, 4) is 0 Å². The zero-order valence-corrected chi connectivity index (χ0v) is 15.2. The number of benzene rings is 2. The quantitative estimate of drug-likeness (QED) is 0.786. The van der Waals surface area contributed by atoms with E-state index in [0.29, 0.717) is 16.3 Å². The van der Waals surface area contributed by atoms with Gasteiger partial charge in [-0.3, -0.25) is 9.59 Å². The fraction of sp³-hybridized carbons (Fsp3) is 0.300. The monoisotopic (exact) mass is 372 g/mol. The summed E-state index contributed by atoms with van der Waals surface area (Å²) in [6.07, 6.45) is 2.48. The summed E-state index contributed by atoms with van der Waals surface area (Å²) in [6.45, 7) is 1.83. The van der Waals surface area contributed by atoms with Crippen LogP contribution < -0.4 is 10.2 Å². The Morgan fingerprint density at radius 1 is 1.04 bits per heavy atom. The maximum absolute atomic E-state index is 12.0. The summed E-state index contributed by atoms with van der Waals surface area (Å²) in [6, 6.07) is 14.8. The van der Waals surface area contributed by atoms with Gasteiger partial charge in [0.25, 0.3) is 5.91 Å². The zero-order valence-electron chi connectivity index (χ0n) is 14.4. The molecule has 1 amide bonds. The Bertz CT molecular complexity index is 771. The first-order chi connectivity index (χ1) is 12.6. The number of hydrogen-bond donors (Lipinski definition) is 1. The highest BCUT2D eigenvalue weighted by Gasteiger charge is 2.13. The van der Waals surface area contributed by atoms with Crippen LogP contribution in [0.15, 0.2) is 48.5 Å². The van der Waals surface area contributed by atoms with Crippen LogP contribution in [0.25, 0.3) is 0 Å². The lowest BCUT2D eigenvalue weighted by molar-refractivity contribution is -0.146. The van der Waals surface area contributed by atoms with Gasteiger partial charge in [-0.25, -0.2) is 0 Å². The van der Waals surface area contributed by atoms with Crippen molar-refractivity contribution >= 4 is 34.9 Å². The molecule has 0 unspecified atom stereocenters. The van der Waals surface area contributed by atoms with Crippen molar-refractivity contribution in [3.63, 3.8) is 0 Å². The molecule has 0 atom stereocenters. The number of rotatable bonds is 6. The van der Waals surface area contributed by atoms with E-state index in [1.54, 1.807) is 24.3 Å². The molecule has 1 heterocycles. The van der Waals surface area contributed by atoms with E-state index in [2.05, 4.69) is 10.2 Å². The number of carbonyl (C=O) groups is 2. The van der Waals surface area contributed by atoms with E-state index in [1.165, 1.54) is 12.8 Å². The number of amides is 1. The summed E-state index contributed by atoms with van der Waals surface area (Å²) >= 11 is 6.01. The third-order valence-electron chi connectivity index (χ3n) is 4.28. The Balaban J connectivity index is 1.45. The lowest BCUT2D eigenvalue weighted by Crippen LogP contribution is -2.22. The second-order valence-electron chi connectivity index (χ2n) is 6.22. The fourth-order valence-electron chi connectivity index (χ4n) is 2.92. The topological polar surface area (TPSA) is 58.6 Å². The van der Waals surface area contributed by atoms with Crippen LogP contribution in [0.4, 0.5) is 11.4 Å². The van der Waals surface area contributed by atoms with Gasteiger partial charge in [0.2, 0.25) is 0 Å². The van der Waals surface area contributed by atoms with Gasteiger partial charge in [-0.2, -0.15) is 0 Å². The maximum Gasteiger partial charge on any atom is 0.310 e. The number of anilines is 2. The average Bonchev–Trinajstić information content (AvgIpc) is 3.17. The summed E-state index contributed by atoms with van der Waals surface area (Å²) in [5.74, 6) is -0.857. The van der Waals surface area contributed by atoms with Gasteiger partial charge in [0.1, 0.15) is 0 Å². The first-order valence-electron chi connectivity index (χ1n) is 8.66. The van der Waals surface area contributed by atoms with E-state index >= 15 is 0 Å². The largest absolute Gasteiger partial charge is 0.455 e. The molecule has 0 saturated carbocycles. The second-order valence-corrected chi connectivity index (χ2v) is 6.63. The fourth-order valence-corrected chi connectivity index (χ4v) is 3.12. The summed E-state index contributed by atoms with van der Waals surface area (Å²) in [5, 5.41) is 3.24. The van der Waals surface area contributed by atoms with Crippen molar-refractivity contribution < 1.29 is 14.3 Å². The van der Waals surface area contributed by atoms with Crippen molar-refractivity contribution in [1.29, 1.82) is 0 Å². The molecular formula is C20H21ClN2O3. The average molecular weight is 373 g/mol. The van der Waals surface area contributed by atoms with Crippen LogP contribution >= 0.6 is 11.6 Å².